The molecule has 2 aromatic carbocycles. The number of rotatable bonds is 6. The molecule has 1 N–H and O–H groups in total. The van der Waals surface area contributed by atoms with Crippen LogP contribution in [0, 0.1) is 13.8 Å². The van der Waals surface area contributed by atoms with Crippen LogP contribution in [0.25, 0.3) is 0 Å². The van der Waals surface area contributed by atoms with Gasteiger partial charge in [-0.05, 0) is 62.6 Å². The third-order valence-electron chi connectivity index (χ3n) is 5.08. The predicted octanol–water partition coefficient (Wildman–Crippen LogP) is 3.18. The normalized spacial score (nSPS) is 13.8. The number of esters is 1. The van der Waals surface area contributed by atoms with Gasteiger partial charge in [-0.25, -0.2) is 9.69 Å². The Bertz CT molecular complexity index is 1040. The smallest absolute Gasteiger partial charge is 0.338 e. The van der Waals surface area contributed by atoms with E-state index in [2.05, 4.69) is 5.32 Å². The van der Waals surface area contributed by atoms with E-state index in [-0.39, 0.29) is 22.7 Å². The second-order valence-electron chi connectivity index (χ2n) is 7.45. The van der Waals surface area contributed by atoms with Crippen LogP contribution in [0.15, 0.2) is 36.4 Å². The lowest BCUT2D eigenvalue weighted by Crippen LogP contribution is -2.35. The molecule has 1 aliphatic rings. The van der Waals surface area contributed by atoms with Gasteiger partial charge < -0.3 is 10.1 Å². The van der Waals surface area contributed by atoms with Gasteiger partial charge in [-0.15, -0.1) is 0 Å². The average Bonchev–Trinajstić information content (AvgIpc) is 2.97. The first-order valence-corrected chi connectivity index (χ1v) is 9.79. The lowest BCUT2D eigenvalue weighted by Gasteiger charge is -2.17. The minimum atomic E-state index is -0.734. The number of aryl methyl sites for hydroxylation is 2. The molecule has 0 aliphatic carbocycles. The summed E-state index contributed by atoms with van der Waals surface area (Å²) in [7, 11) is 0. The van der Waals surface area contributed by atoms with E-state index in [0.717, 1.165) is 22.4 Å². The van der Waals surface area contributed by atoms with Gasteiger partial charge in [-0.2, -0.15) is 0 Å². The first kappa shape index (κ1) is 21.2. The summed E-state index contributed by atoms with van der Waals surface area (Å²) in [4.78, 5) is 51.0. The van der Waals surface area contributed by atoms with Crippen molar-refractivity contribution in [1.82, 2.24) is 5.32 Å². The number of hydrogen-bond acceptors (Lipinski definition) is 5. The van der Waals surface area contributed by atoms with Gasteiger partial charge in [-0.3, -0.25) is 14.4 Å². The topological polar surface area (TPSA) is 92.8 Å². The molecule has 1 aliphatic heterocycles. The summed E-state index contributed by atoms with van der Waals surface area (Å²) >= 11 is 0. The highest BCUT2D eigenvalue weighted by Crippen LogP contribution is 2.31. The summed E-state index contributed by atoms with van der Waals surface area (Å²) < 4.78 is 5.04. The Kier molecular flexibility index (Phi) is 6.01. The number of fused-ring (bicyclic) bond motifs is 1. The molecule has 0 saturated carbocycles. The molecule has 156 valence electrons. The van der Waals surface area contributed by atoms with Crippen molar-refractivity contribution in [2.24, 2.45) is 0 Å². The molecule has 3 amide bonds. The van der Waals surface area contributed by atoms with Crippen LogP contribution >= 0.6 is 0 Å². The van der Waals surface area contributed by atoms with Crippen LogP contribution in [0.5, 0.6) is 0 Å². The van der Waals surface area contributed by atoms with Gasteiger partial charge in [0.25, 0.3) is 17.7 Å². The number of nitrogens with zero attached hydrogens (tertiary/aromatic N) is 1. The van der Waals surface area contributed by atoms with Gasteiger partial charge in [0.15, 0.2) is 6.61 Å². The number of hydrogen-bond donors (Lipinski definition) is 1. The second kappa shape index (κ2) is 8.49. The first-order valence-electron chi connectivity index (χ1n) is 9.79. The van der Waals surface area contributed by atoms with Crippen molar-refractivity contribution in [2.45, 2.75) is 40.2 Å². The van der Waals surface area contributed by atoms with E-state index in [1.165, 1.54) is 18.2 Å². The molecule has 7 nitrogen and oxygen atoms in total. The van der Waals surface area contributed by atoms with Crippen molar-refractivity contribution in [3.8, 4) is 0 Å². The van der Waals surface area contributed by atoms with E-state index < -0.39 is 30.3 Å². The zero-order chi connectivity index (χ0) is 22.0. The van der Waals surface area contributed by atoms with E-state index in [1.807, 2.05) is 39.8 Å². The number of imide groups is 1. The predicted molar refractivity (Wildman–Crippen MR) is 112 cm³/mol. The van der Waals surface area contributed by atoms with E-state index in [1.54, 1.807) is 6.07 Å². The minimum absolute atomic E-state index is 0.0177. The third-order valence-corrected chi connectivity index (χ3v) is 5.08. The lowest BCUT2D eigenvalue weighted by molar-refractivity contribution is -0.124. The van der Waals surface area contributed by atoms with Crippen molar-refractivity contribution in [3.63, 3.8) is 0 Å². The van der Waals surface area contributed by atoms with Crippen molar-refractivity contribution < 1.29 is 23.9 Å². The number of carbonyl (C=O) groups excluding carboxylic acids is 4. The maximum Gasteiger partial charge on any atom is 0.338 e. The van der Waals surface area contributed by atoms with Crippen LogP contribution in [0.4, 0.5) is 5.69 Å². The lowest BCUT2D eigenvalue weighted by atomic mass is 10.1. The Morgan fingerprint density at radius 1 is 1.03 bits per heavy atom. The largest absolute Gasteiger partial charge is 0.452 e. The zero-order valence-corrected chi connectivity index (χ0v) is 17.4. The monoisotopic (exact) mass is 408 g/mol. The van der Waals surface area contributed by atoms with Crippen LogP contribution in [-0.2, 0) is 9.53 Å². The fourth-order valence-electron chi connectivity index (χ4n) is 3.18. The number of anilines is 1. The highest BCUT2D eigenvalue weighted by molar-refractivity contribution is 6.35. The van der Waals surface area contributed by atoms with Crippen LogP contribution in [0.3, 0.4) is 0 Å². The Balaban J connectivity index is 1.79. The van der Waals surface area contributed by atoms with Gasteiger partial charge in [0.2, 0.25) is 0 Å². The van der Waals surface area contributed by atoms with Crippen LogP contribution in [0.1, 0.15) is 62.5 Å². The summed E-state index contributed by atoms with van der Waals surface area (Å²) in [5, 5.41) is 2.70. The number of carbonyl (C=O) groups is 4. The number of ether oxygens (including phenoxy) is 1. The molecule has 0 radical (unpaired) electrons. The molecule has 30 heavy (non-hydrogen) atoms. The van der Waals surface area contributed by atoms with E-state index in [4.69, 9.17) is 4.74 Å². The summed E-state index contributed by atoms with van der Waals surface area (Å²) in [5.74, 6) is -2.06. The quantitative estimate of drug-likeness (QED) is 0.585. The Labute approximate surface area is 175 Å². The standard InChI is InChI=1S/C23H24N2O5/c1-5-15(4)24-20(26)12-30-23(29)16-8-9-17-18(11-16)22(28)25(21(17)27)19-10-13(2)6-7-14(19)3/h6-11,15H,5,12H2,1-4H3,(H,24,26). The maximum absolute atomic E-state index is 13.0. The molecule has 0 bridgehead atoms. The van der Waals surface area contributed by atoms with Gasteiger partial charge in [0.1, 0.15) is 0 Å². The van der Waals surface area contributed by atoms with Gasteiger partial charge >= 0.3 is 5.97 Å². The first-order chi connectivity index (χ1) is 14.2. The second-order valence-corrected chi connectivity index (χ2v) is 7.45. The summed E-state index contributed by atoms with van der Waals surface area (Å²) in [6.07, 6.45) is 0.761. The molecule has 1 atom stereocenters. The molecule has 0 spiro atoms. The van der Waals surface area contributed by atoms with Gasteiger partial charge in [-0.1, -0.05) is 19.1 Å². The summed E-state index contributed by atoms with van der Waals surface area (Å²) in [6.45, 7) is 7.08. The maximum atomic E-state index is 13.0. The van der Waals surface area contributed by atoms with Crippen LogP contribution in [-0.4, -0.2) is 36.3 Å². The number of benzene rings is 2. The SMILES string of the molecule is CCC(C)NC(=O)COC(=O)c1ccc2c(c1)C(=O)N(c1cc(C)ccc1C)C2=O. The third kappa shape index (κ3) is 4.10. The molecule has 7 heteroatoms. The molecule has 0 aromatic heterocycles. The van der Waals surface area contributed by atoms with E-state index in [0.29, 0.717) is 5.69 Å². The summed E-state index contributed by atoms with van der Waals surface area (Å²) in [6, 6.07) is 9.72. The van der Waals surface area contributed by atoms with Gasteiger partial charge in [0, 0.05) is 6.04 Å². The van der Waals surface area contributed by atoms with Crippen molar-refractivity contribution in [2.75, 3.05) is 11.5 Å². The molecule has 1 heterocycles. The zero-order valence-electron chi connectivity index (χ0n) is 17.4. The van der Waals surface area contributed by atoms with Crippen molar-refractivity contribution >= 4 is 29.4 Å². The molecule has 3 rings (SSSR count). The Morgan fingerprint density at radius 3 is 2.43 bits per heavy atom. The highest BCUT2D eigenvalue weighted by Gasteiger charge is 2.38. The fourth-order valence-corrected chi connectivity index (χ4v) is 3.18. The molecular formula is C23H24N2O5. The fraction of sp³-hybridized carbons (Fsp3) is 0.304. The van der Waals surface area contributed by atoms with E-state index in [9.17, 15) is 19.2 Å². The van der Waals surface area contributed by atoms with Crippen molar-refractivity contribution in [1.29, 1.82) is 0 Å². The number of amides is 3. The molecule has 0 saturated heterocycles. The molecule has 1 unspecified atom stereocenters. The Hall–Kier alpha value is -3.48. The van der Waals surface area contributed by atoms with Crippen LogP contribution in [0.2, 0.25) is 0 Å². The molecular weight excluding hydrogens is 384 g/mol. The van der Waals surface area contributed by atoms with Gasteiger partial charge in [0.05, 0.1) is 22.4 Å². The molecule has 2 aromatic rings. The van der Waals surface area contributed by atoms with Crippen molar-refractivity contribution in [3.05, 3.63) is 64.2 Å². The van der Waals surface area contributed by atoms with Crippen LogP contribution < -0.4 is 10.2 Å². The van der Waals surface area contributed by atoms with E-state index >= 15 is 0 Å². The average molecular weight is 408 g/mol. The highest BCUT2D eigenvalue weighted by atomic mass is 16.5. The molecule has 0 fully saturated rings. The Morgan fingerprint density at radius 2 is 1.73 bits per heavy atom. The summed E-state index contributed by atoms with van der Waals surface area (Å²) in [5.41, 5.74) is 2.71. The minimum Gasteiger partial charge on any atom is -0.452 e. The number of nitrogens with one attached hydrogen (secondary N) is 1.